The lowest BCUT2D eigenvalue weighted by Crippen LogP contribution is -2.26. The molecule has 8 heteroatoms. The Labute approximate surface area is 104 Å². The van der Waals surface area contributed by atoms with E-state index >= 15 is 0 Å². The highest BCUT2D eigenvalue weighted by molar-refractivity contribution is 5.60. The molecule has 18 heavy (non-hydrogen) atoms. The zero-order valence-corrected chi connectivity index (χ0v) is 9.93. The standard InChI is InChI=1S/C10H15N3O5/c1-7-5-8(12-13-11)9(18-7)6-17-10(15)16-4-2-3-14/h2,4,7-9,14H,3,5-6H2,1H3/b4-2-/t7-,8+,9+/m0/s1. The zero-order chi connectivity index (χ0) is 13.4. The van der Waals surface area contributed by atoms with E-state index in [4.69, 9.17) is 20.1 Å². The topological polar surface area (TPSA) is 114 Å². The van der Waals surface area contributed by atoms with Crippen LogP contribution in [0.3, 0.4) is 0 Å². The summed E-state index contributed by atoms with van der Waals surface area (Å²) in [6.45, 7) is 1.58. The molecule has 0 unspecified atom stereocenters. The Morgan fingerprint density at radius 2 is 2.50 bits per heavy atom. The van der Waals surface area contributed by atoms with Gasteiger partial charge in [-0.05, 0) is 25.0 Å². The third-order valence-corrected chi connectivity index (χ3v) is 2.34. The third kappa shape index (κ3) is 4.62. The van der Waals surface area contributed by atoms with Gasteiger partial charge in [0.05, 0.1) is 25.0 Å². The van der Waals surface area contributed by atoms with Crippen LogP contribution in [0, 0.1) is 0 Å². The number of ether oxygens (including phenoxy) is 3. The Morgan fingerprint density at radius 3 is 3.17 bits per heavy atom. The number of aliphatic hydroxyl groups is 1. The first-order valence-corrected chi connectivity index (χ1v) is 5.46. The largest absolute Gasteiger partial charge is 0.513 e. The van der Waals surface area contributed by atoms with E-state index in [1.165, 1.54) is 6.08 Å². The summed E-state index contributed by atoms with van der Waals surface area (Å²) < 4.78 is 14.7. The minimum Gasteiger partial charge on any atom is -0.431 e. The van der Waals surface area contributed by atoms with Crippen LogP contribution in [0.25, 0.3) is 10.4 Å². The molecule has 1 aliphatic rings. The number of carbonyl (C=O) groups is 1. The molecule has 8 nitrogen and oxygen atoms in total. The highest BCUT2D eigenvalue weighted by atomic mass is 16.7. The van der Waals surface area contributed by atoms with Gasteiger partial charge in [-0.15, -0.1) is 0 Å². The summed E-state index contributed by atoms with van der Waals surface area (Å²) in [5.41, 5.74) is 8.39. The summed E-state index contributed by atoms with van der Waals surface area (Å²) in [5, 5.41) is 12.0. The van der Waals surface area contributed by atoms with Crippen molar-refractivity contribution in [1.29, 1.82) is 0 Å². The fraction of sp³-hybridized carbons (Fsp3) is 0.700. The van der Waals surface area contributed by atoms with Crippen molar-refractivity contribution < 1.29 is 24.1 Å². The van der Waals surface area contributed by atoms with E-state index in [0.717, 1.165) is 6.26 Å². The van der Waals surface area contributed by atoms with Crippen molar-refractivity contribution in [3.8, 4) is 0 Å². The van der Waals surface area contributed by atoms with Crippen LogP contribution in [0.5, 0.6) is 0 Å². The number of hydrogen-bond donors (Lipinski definition) is 1. The normalized spacial score (nSPS) is 26.9. The van der Waals surface area contributed by atoms with Crippen molar-refractivity contribution in [2.75, 3.05) is 13.2 Å². The Hall–Kier alpha value is -1.76. The Balaban J connectivity index is 2.35. The third-order valence-electron chi connectivity index (χ3n) is 2.34. The van der Waals surface area contributed by atoms with Gasteiger partial charge < -0.3 is 19.3 Å². The predicted octanol–water partition coefficient (Wildman–Crippen LogP) is 1.50. The van der Waals surface area contributed by atoms with E-state index in [1.54, 1.807) is 0 Å². The second-order valence-electron chi connectivity index (χ2n) is 3.73. The molecule has 0 radical (unpaired) electrons. The molecule has 0 aromatic carbocycles. The molecule has 0 saturated carbocycles. The first-order chi connectivity index (χ1) is 8.67. The summed E-state index contributed by atoms with van der Waals surface area (Å²) >= 11 is 0. The molecule has 1 rings (SSSR count). The molecular weight excluding hydrogens is 242 g/mol. The molecule has 0 aromatic heterocycles. The number of nitrogens with zero attached hydrogens (tertiary/aromatic N) is 3. The van der Waals surface area contributed by atoms with E-state index < -0.39 is 12.3 Å². The number of carbonyl (C=O) groups excluding carboxylic acids is 1. The van der Waals surface area contributed by atoms with Crippen LogP contribution >= 0.6 is 0 Å². The van der Waals surface area contributed by atoms with Gasteiger partial charge in [0.25, 0.3) is 0 Å². The summed E-state index contributed by atoms with van der Waals surface area (Å²) in [6.07, 6.45) is 1.48. The van der Waals surface area contributed by atoms with Gasteiger partial charge >= 0.3 is 6.16 Å². The average Bonchev–Trinajstić information content (AvgIpc) is 2.68. The molecule has 1 heterocycles. The Bertz CT molecular complexity index is 353. The van der Waals surface area contributed by atoms with Crippen LogP contribution < -0.4 is 0 Å². The molecule has 100 valence electrons. The summed E-state index contributed by atoms with van der Waals surface area (Å²) in [4.78, 5) is 13.8. The van der Waals surface area contributed by atoms with Gasteiger partial charge in [-0.2, -0.15) is 0 Å². The van der Waals surface area contributed by atoms with Gasteiger partial charge in [-0.25, -0.2) is 4.79 Å². The van der Waals surface area contributed by atoms with E-state index in [0.29, 0.717) is 6.42 Å². The van der Waals surface area contributed by atoms with Crippen LogP contribution in [-0.4, -0.2) is 42.7 Å². The number of hydrogen-bond acceptors (Lipinski definition) is 6. The lowest BCUT2D eigenvalue weighted by molar-refractivity contribution is -0.00564. The van der Waals surface area contributed by atoms with Crippen molar-refractivity contribution in [3.63, 3.8) is 0 Å². The van der Waals surface area contributed by atoms with E-state index in [1.807, 2.05) is 6.92 Å². The highest BCUT2D eigenvalue weighted by Crippen LogP contribution is 2.23. The molecule has 0 aromatic rings. The molecule has 1 N–H and O–H groups in total. The van der Waals surface area contributed by atoms with Crippen molar-refractivity contribution in [2.45, 2.75) is 31.6 Å². The minimum atomic E-state index is -0.900. The SMILES string of the molecule is C[C@H]1C[C@@H](N=[N+]=[N-])[C@@H](COC(=O)O/C=C\CO)O1. The second kappa shape index (κ2) is 7.54. The van der Waals surface area contributed by atoms with Gasteiger partial charge in [0, 0.05) is 4.91 Å². The first-order valence-electron chi connectivity index (χ1n) is 5.46. The summed E-state index contributed by atoms with van der Waals surface area (Å²) in [5.74, 6) is 0. The maximum absolute atomic E-state index is 11.1. The van der Waals surface area contributed by atoms with Crippen molar-refractivity contribution in [2.24, 2.45) is 5.11 Å². The van der Waals surface area contributed by atoms with Gasteiger partial charge in [0.15, 0.2) is 0 Å². The van der Waals surface area contributed by atoms with Gasteiger partial charge in [-0.1, -0.05) is 5.11 Å². The lowest BCUT2D eigenvalue weighted by Gasteiger charge is -2.13. The highest BCUT2D eigenvalue weighted by Gasteiger charge is 2.33. The average molecular weight is 257 g/mol. The van der Waals surface area contributed by atoms with Crippen LogP contribution in [-0.2, 0) is 14.2 Å². The van der Waals surface area contributed by atoms with Gasteiger partial charge in [0.1, 0.15) is 12.7 Å². The summed E-state index contributed by atoms with van der Waals surface area (Å²) in [7, 11) is 0. The maximum Gasteiger partial charge on any atom is 0.513 e. The molecule has 0 bridgehead atoms. The van der Waals surface area contributed by atoms with Gasteiger partial charge in [0.2, 0.25) is 0 Å². The van der Waals surface area contributed by atoms with E-state index in [9.17, 15) is 4.79 Å². The molecule has 3 atom stereocenters. The van der Waals surface area contributed by atoms with Crippen LogP contribution in [0.1, 0.15) is 13.3 Å². The molecule has 0 amide bonds. The molecule has 1 fully saturated rings. The van der Waals surface area contributed by atoms with Crippen molar-refractivity contribution in [3.05, 3.63) is 22.8 Å². The fourth-order valence-electron chi connectivity index (χ4n) is 1.61. The van der Waals surface area contributed by atoms with Crippen LogP contribution in [0.2, 0.25) is 0 Å². The van der Waals surface area contributed by atoms with Crippen molar-refractivity contribution in [1.82, 2.24) is 0 Å². The van der Waals surface area contributed by atoms with E-state index in [2.05, 4.69) is 14.8 Å². The molecule has 1 aliphatic heterocycles. The number of rotatable bonds is 5. The molecule has 0 aliphatic carbocycles. The lowest BCUT2D eigenvalue weighted by atomic mass is 10.1. The van der Waals surface area contributed by atoms with Crippen LogP contribution in [0.15, 0.2) is 17.5 Å². The quantitative estimate of drug-likeness (QED) is 0.263. The number of azide groups is 1. The monoisotopic (exact) mass is 257 g/mol. The second-order valence-corrected chi connectivity index (χ2v) is 3.73. The minimum absolute atomic E-state index is 0.0418. The van der Waals surface area contributed by atoms with Crippen LogP contribution in [0.4, 0.5) is 4.79 Å². The maximum atomic E-state index is 11.1. The van der Waals surface area contributed by atoms with E-state index in [-0.39, 0.29) is 25.4 Å². The number of aliphatic hydroxyl groups excluding tert-OH is 1. The molecule has 0 spiro atoms. The fourth-order valence-corrected chi connectivity index (χ4v) is 1.61. The summed E-state index contributed by atoms with van der Waals surface area (Å²) in [6, 6.07) is -0.342. The Kier molecular flexibility index (Phi) is 5.99. The Morgan fingerprint density at radius 1 is 1.72 bits per heavy atom. The zero-order valence-electron chi connectivity index (χ0n) is 9.93. The molecular formula is C10H15N3O5. The first kappa shape index (κ1) is 14.3. The molecule has 1 saturated heterocycles. The van der Waals surface area contributed by atoms with Gasteiger partial charge in [-0.3, -0.25) is 0 Å². The predicted molar refractivity (Wildman–Crippen MR) is 60.5 cm³/mol. The van der Waals surface area contributed by atoms with Crippen molar-refractivity contribution >= 4 is 6.16 Å². The smallest absolute Gasteiger partial charge is 0.431 e.